The van der Waals surface area contributed by atoms with Crippen molar-refractivity contribution in [1.82, 2.24) is 19.1 Å². The Balaban J connectivity index is 1.73. The Morgan fingerprint density at radius 2 is 1.84 bits per heavy atom. The van der Waals surface area contributed by atoms with E-state index >= 15 is 0 Å². The number of nitrogens with zero attached hydrogens (tertiary/aromatic N) is 4. The fourth-order valence-electron chi connectivity index (χ4n) is 2.71. The number of benzene rings is 2. The van der Waals surface area contributed by atoms with Crippen molar-refractivity contribution < 1.29 is 18.0 Å². The van der Waals surface area contributed by atoms with Crippen molar-refractivity contribution in [3.05, 3.63) is 60.1 Å². The van der Waals surface area contributed by atoms with Gasteiger partial charge in [0.1, 0.15) is 12.7 Å². The molecule has 2 amide bonds. The molecule has 3 rings (SSSR count). The summed E-state index contributed by atoms with van der Waals surface area (Å²) in [4.78, 5) is 27.5. The Labute approximate surface area is 183 Å². The van der Waals surface area contributed by atoms with Crippen LogP contribution in [0.1, 0.15) is 6.92 Å². The average molecular weight is 463 g/mol. The minimum atomic E-state index is -3.93. The second kappa shape index (κ2) is 9.25. The lowest BCUT2D eigenvalue weighted by Crippen LogP contribution is -2.35. The predicted octanol–water partition coefficient (Wildman–Crippen LogP) is 2.14. The lowest BCUT2D eigenvalue weighted by molar-refractivity contribution is -0.116. The summed E-state index contributed by atoms with van der Waals surface area (Å²) in [5, 5.41) is 9.63. The van der Waals surface area contributed by atoms with Crippen molar-refractivity contribution >= 4 is 44.8 Å². The minimum absolute atomic E-state index is 0.0111. The molecule has 31 heavy (non-hydrogen) atoms. The van der Waals surface area contributed by atoms with Gasteiger partial charge in [0.2, 0.25) is 21.8 Å². The number of aromatic nitrogens is 3. The molecule has 10 nitrogen and oxygen atoms in total. The quantitative estimate of drug-likeness (QED) is 0.554. The highest BCUT2D eigenvalue weighted by atomic mass is 35.5. The average Bonchev–Trinajstić information content (AvgIpc) is 3.22. The van der Waals surface area contributed by atoms with Gasteiger partial charge in [-0.3, -0.25) is 9.59 Å². The molecule has 0 aliphatic rings. The van der Waals surface area contributed by atoms with Gasteiger partial charge in [0, 0.05) is 24.7 Å². The SMILES string of the molecule is CC(=O)Nc1ccc(S(=O)(=O)N(C)CC(=O)Nc2cc(Cl)ccc2-n2cncn2)cc1. The van der Waals surface area contributed by atoms with E-state index in [1.54, 1.807) is 12.1 Å². The fraction of sp³-hybridized carbons (Fsp3) is 0.158. The van der Waals surface area contributed by atoms with Crippen LogP contribution in [0.25, 0.3) is 5.69 Å². The molecule has 2 aromatic carbocycles. The number of sulfonamides is 1. The van der Waals surface area contributed by atoms with Crippen LogP contribution in [0.3, 0.4) is 0 Å². The molecule has 2 N–H and O–H groups in total. The number of likely N-dealkylation sites (N-methyl/N-ethyl adjacent to an activating group) is 1. The summed E-state index contributed by atoms with van der Waals surface area (Å²) in [6.45, 7) is 0.921. The Morgan fingerprint density at radius 1 is 1.13 bits per heavy atom. The Morgan fingerprint density at radius 3 is 2.45 bits per heavy atom. The molecule has 0 aliphatic carbocycles. The number of hydrogen-bond donors (Lipinski definition) is 2. The van der Waals surface area contributed by atoms with Crippen LogP contribution in [0.5, 0.6) is 0 Å². The maximum atomic E-state index is 12.8. The second-order valence-corrected chi connectivity index (χ2v) is 9.00. The molecular formula is C19H19ClN6O4S. The van der Waals surface area contributed by atoms with Crippen molar-refractivity contribution in [1.29, 1.82) is 0 Å². The van der Waals surface area contributed by atoms with E-state index in [1.165, 1.54) is 61.6 Å². The van der Waals surface area contributed by atoms with Crippen molar-refractivity contribution in [3.8, 4) is 5.69 Å². The fourth-order valence-corrected chi connectivity index (χ4v) is 4.01. The molecule has 0 aliphatic heterocycles. The molecule has 0 bridgehead atoms. The number of nitrogens with one attached hydrogen (secondary N) is 2. The molecule has 0 fully saturated rings. The minimum Gasteiger partial charge on any atom is -0.326 e. The van der Waals surface area contributed by atoms with E-state index < -0.39 is 22.5 Å². The number of halogens is 1. The standard InChI is InChI=1S/C19H19ClN6O4S/c1-13(27)23-15-4-6-16(7-5-15)31(29,30)25(2)10-19(28)24-17-9-14(20)3-8-18(17)26-12-21-11-22-26/h3-9,11-12H,10H2,1-2H3,(H,23,27)(H,24,28). The van der Waals surface area contributed by atoms with Gasteiger partial charge in [-0.25, -0.2) is 18.1 Å². The zero-order valence-electron chi connectivity index (χ0n) is 16.6. The van der Waals surface area contributed by atoms with Crippen molar-refractivity contribution in [2.24, 2.45) is 0 Å². The first-order chi connectivity index (χ1) is 14.7. The summed E-state index contributed by atoms with van der Waals surface area (Å²) in [6.07, 6.45) is 2.80. The summed E-state index contributed by atoms with van der Waals surface area (Å²) in [6, 6.07) is 10.5. The molecule has 0 atom stereocenters. The van der Waals surface area contributed by atoms with Crippen LogP contribution in [0, 0.1) is 0 Å². The third kappa shape index (κ3) is 5.45. The van der Waals surface area contributed by atoms with Crippen LogP contribution in [0.4, 0.5) is 11.4 Å². The number of hydrogen-bond acceptors (Lipinski definition) is 6. The van der Waals surface area contributed by atoms with E-state index in [4.69, 9.17) is 11.6 Å². The van der Waals surface area contributed by atoms with E-state index in [0.29, 0.717) is 22.1 Å². The number of carbonyl (C=O) groups excluding carboxylic acids is 2. The maximum Gasteiger partial charge on any atom is 0.243 e. The van der Waals surface area contributed by atoms with Crippen LogP contribution >= 0.6 is 11.6 Å². The summed E-state index contributed by atoms with van der Waals surface area (Å²) in [7, 11) is -2.63. The van der Waals surface area contributed by atoms with Gasteiger partial charge in [0.15, 0.2) is 0 Å². The van der Waals surface area contributed by atoms with Crippen LogP contribution < -0.4 is 10.6 Å². The summed E-state index contributed by atoms with van der Waals surface area (Å²) >= 11 is 6.04. The summed E-state index contributed by atoms with van der Waals surface area (Å²) in [5.41, 5.74) is 1.34. The van der Waals surface area contributed by atoms with Crippen molar-refractivity contribution in [2.75, 3.05) is 24.2 Å². The van der Waals surface area contributed by atoms with E-state index in [-0.39, 0.29) is 10.8 Å². The van der Waals surface area contributed by atoms with Gasteiger partial charge in [-0.1, -0.05) is 11.6 Å². The highest BCUT2D eigenvalue weighted by Crippen LogP contribution is 2.24. The first kappa shape index (κ1) is 22.4. The molecule has 162 valence electrons. The third-order valence-electron chi connectivity index (χ3n) is 4.15. The van der Waals surface area contributed by atoms with E-state index in [9.17, 15) is 18.0 Å². The number of carbonyl (C=O) groups is 2. The Kier molecular flexibility index (Phi) is 6.68. The number of anilines is 2. The predicted molar refractivity (Wildman–Crippen MR) is 116 cm³/mol. The molecule has 12 heteroatoms. The molecule has 0 radical (unpaired) electrons. The zero-order valence-corrected chi connectivity index (χ0v) is 18.2. The van der Waals surface area contributed by atoms with E-state index in [2.05, 4.69) is 20.7 Å². The van der Waals surface area contributed by atoms with Gasteiger partial charge < -0.3 is 10.6 Å². The lowest BCUT2D eigenvalue weighted by Gasteiger charge is -2.18. The Bertz CT molecular complexity index is 1200. The lowest BCUT2D eigenvalue weighted by atomic mass is 10.2. The van der Waals surface area contributed by atoms with Gasteiger partial charge >= 0.3 is 0 Å². The van der Waals surface area contributed by atoms with Gasteiger partial charge in [0.05, 0.1) is 22.8 Å². The second-order valence-electron chi connectivity index (χ2n) is 6.52. The van der Waals surface area contributed by atoms with Crippen molar-refractivity contribution in [3.63, 3.8) is 0 Å². The van der Waals surface area contributed by atoms with Crippen LogP contribution in [0.15, 0.2) is 60.0 Å². The number of rotatable bonds is 7. The molecule has 3 aromatic rings. The first-order valence-corrected chi connectivity index (χ1v) is 10.8. The van der Waals surface area contributed by atoms with Crippen LogP contribution in [-0.4, -0.2) is 52.9 Å². The normalized spacial score (nSPS) is 11.4. The van der Waals surface area contributed by atoms with Gasteiger partial charge in [0.25, 0.3) is 0 Å². The van der Waals surface area contributed by atoms with Crippen molar-refractivity contribution in [2.45, 2.75) is 11.8 Å². The van der Waals surface area contributed by atoms with E-state index in [0.717, 1.165) is 4.31 Å². The highest BCUT2D eigenvalue weighted by molar-refractivity contribution is 7.89. The molecule has 0 unspecified atom stereocenters. The van der Waals surface area contributed by atoms with Gasteiger partial charge in [-0.15, -0.1) is 0 Å². The number of amides is 2. The van der Waals surface area contributed by atoms with Crippen LogP contribution in [0.2, 0.25) is 5.02 Å². The monoisotopic (exact) mass is 462 g/mol. The molecule has 0 saturated carbocycles. The first-order valence-electron chi connectivity index (χ1n) is 8.95. The highest BCUT2D eigenvalue weighted by Gasteiger charge is 2.23. The summed E-state index contributed by atoms with van der Waals surface area (Å²) < 4.78 is 27.9. The Hall–Kier alpha value is -3.28. The molecule has 0 saturated heterocycles. The van der Waals surface area contributed by atoms with Gasteiger partial charge in [-0.05, 0) is 42.5 Å². The largest absolute Gasteiger partial charge is 0.326 e. The third-order valence-corrected chi connectivity index (χ3v) is 6.20. The molecule has 1 aromatic heterocycles. The maximum absolute atomic E-state index is 12.8. The van der Waals surface area contributed by atoms with E-state index in [1.807, 2.05) is 0 Å². The summed E-state index contributed by atoms with van der Waals surface area (Å²) in [5.74, 6) is -0.833. The van der Waals surface area contributed by atoms with Gasteiger partial charge in [-0.2, -0.15) is 9.40 Å². The topological polar surface area (TPSA) is 126 Å². The molecular weight excluding hydrogens is 444 g/mol. The zero-order chi connectivity index (χ0) is 22.6. The molecule has 1 heterocycles. The van der Waals surface area contributed by atoms with Crippen LogP contribution in [-0.2, 0) is 19.6 Å². The smallest absolute Gasteiger partial charge is 0.243 e. The molecule has 0 spiro atoms.